The first kappa shape index (κ1) is 32.2. The maximum atomic E-state index is 4.58. The van der Waals surface area contributed by atoms with Crippen LogP contribution in [0, 0.1) is 0 Å². The van der Waals surface area contributed by atoms with E-state index in [9.17, 15) is 0 Å². The van der Waals surface area contributed by atoms with Gasteiger partial charge < -0.3 is 4.57 Å². The number of aromatic nitrogens is 4. The molecule has 0 fully saturated rings. The van der Waals surface area contributed by atoms with Gasteiger partial charge in [-0.3, -0.25) is 15.0 Å². The first-order valence-electron chi connectivity index (χ1n) is 18.5. The fraction of sp³-hybridized carbons (Fsp3) is 0. The van der Waals surface area contributed by atoms with Crippen LogP contribution >= 0.6 is 0 Å². The van der Waals surface area contributed by atoms with Crippen LogP contribution < -0.4 is 0 Å². The van der Waals surface area contributed by atoms with Crippen molar-refractivity contribution in [2.45, 2.75) is 0 Å². The molecule has 0 radical (unpaired) electrons. The molecule has 0 aliphatic rings. The first-order chi connectivity index (χ1) is 27.3. The second-order valence-corrected chi connectivity index (χ2v) is 13.7. The van der Waals surface area contributed by atoms with Crippen molar-refractivity contribution >= 4 is 21.8 Å². The molecule has 6 aromatic carbocycles. The zero-order valence-electron chi connectivity index (χ0n) is 29.9. The van der Waals surface area contributed by atoms with E-state index >= 15 is 0 Å². The van der Waals surface area contributed by atoms with E-state index in [0.717, 1.165) is 77.9 Å². The number of rotatable bonds is 7. The Bertz CT molecular complexity index is 2810. The Labute approximate surface area is 319 Å². The number of hydrogen-bond donors (Lipinski definition) is 0. The summed E-state index contributed by atoms with van der Waals surface area (Å²) in [5, 5.41) is 2.38. The molecule has 0 saturated heterocycles. The van der Waals surface area contributed by atoms with Gasteiger partial charge in [-0.25, -0.2) is 0 Å². The smallest absolute Gasteiger partial charge is 0.0547 e. The molecule has 0 amide bonds. The van der Waals surface area contributed by atoms with Gasteiger partial charge in [0, 0.05) is 70.3 Å². The Kier molecular flexibility index (Phi) is 8.12. The lowest BCUT2D eigenvalue weighted by atomic mass is 9.95. The van der Waals surface area contributed by atoms with E-state index in [4.69, 9.17) is 0 Å². The van der Waals surface area contributed by atoms with Crippen molar-refractivity contribution in [1.82, 2.24) is 19.5 Å². The van der Waals surface area contributed by atoms with E-state index < -0.39 is 0 Å². The van der Waals surface area contributed by atoms with Crippen LogP contribution in [0.2, 0.25) is 0 Å². The van der Waals surface area contributed by atoms with Crippen molar-refractivity contribution in [2.75, 3.05) is 0 Å². The van der Waals surface area contributed by atoms with Crippen molar-refractivity contribution in [3.05, 3.63) is 207 Å². The topological polar surface area (TPSA) is 43.6 Å². The van der Waals surface area contributed by atoms with Crippen molar-refractivity contribution in [2.24, 2.45) is 0 Å². The van der Waals surface area contributed by atoms with Gasteiger partial charge in [-0.15, -0.1) is 0 Å². The van der Waals surface area contributed by atoms with Gasteiger partial charge >= 0.3 is 0 Å². The van der Waals surface area contributed by atoms with E-state index in [-0.39, 0.29) is 0 Å². The number of hydrogen-bond acceptors (Lipinski definition) is 3. The Balaban J connectivity index is 1.18. The maximum Gasteiger partial charge on any atom is 0.0547 e. The first-order valence-corrected chi connectivity index (χ1v) is 18.5. The zero-order valence-corrected chi connectivity index (χ0v) is 29.9. The lowest BCUT2D eigenvalue weighted by Gasteiger charge is -2.14. The summed E-state index contributed by atoms with van der Waals surface area (Å²) >= 11 is 0. The molecule has 4 aromatic heterocycles. The van der Waals surface area contributed by atoms with Gasteiger partial charge in [0.15, 0.2) is 0 Å². The number of nitrogens with zero attached hydrogens (tertiary/aromatic N) is 4. The molecule has 10 rings (SSSR count). The third-order valence-corrected chi connectivity index (χ3v) is 10.5. The summed E-state index contributed by atoms with van der Waals surface area (Å²) in [6, 6.07) is 60.4. The molecule has 0 bridgehead atoms. The van der Waals surface area contributed by atoms with Crippen LogP contribution in [0.3, 0.4) is 0 Å². The second-order valence-electron chi connectivity index (χ2n) is 13.7. The fourth-order valence-corrected chi connectivity index (χ4v) is 7.90. The lowest BCUT2D eigenvalue weighted by molar-refractivity contribution is 1.18. The van der Waals surface area contributed by atoms with Crippen LogP contribution in [0.25, 0.3) is 94.3 Å². The Morgan fingerprint density at radius 3 is 1.04 bits per heavy atom. The van der Waals surface area contributed by atoms with Crippen molar-refractivity contribution in [3.63, 3.8) is 0 Å². The van der Waals surface area contributed by atoms with Crippen molar-refractivity contribution in [3.8, 4) is 72.4 Å². The Morgan fingerprint density at radius 1 is 0.291 bits per heavy atom. The molecule has 0 aliphatic carbocycles. The van der Waals surface area contributed by atoms with Gasteiger partial charge in [-0.1, -0.05) is 127 Å². The van der Waals surface area contributed by atoms with Gasteiger partial charge in [-0.2, -0.15) is 0 Å². The van der Waals surface area contributed by atoms with Gasteiger partial charge in [-0.05, 0) is 92.5 Å². The molecular formula is C51H34N4. The van der Waals surface area contributed by atoms with E-state index in [1.54, 1.807) is 0 Å². The third-order valence-electron chi connectivity index (χ3n) is 10.5. The summed E-state index contributed by atoms with van der Waals surface area (Å²) in [4.78, 5) is 13.7. The number of benzene rings is 6. The highest BCUT2D eigenvalue weighted by Crippen LogP contribution is 2.41. The molecule has 0 spiro atoms. The maximum absolute atomic E-state index is 4.58. The van der Waals surface area contributed by atoms with Crippen LogP contribution in [-0.2, 0) is 0 Å². The molecule has 4 heterocycles. The molecule has 55 heavy (non-hydrogen) atoms. The molecule has 0 aliphatic heterocycles. The van der Waals surface area contributed by atoms with Gasteiger partial charge in [0.1, 0.15) is 0 Å². The average molecular weight is 703 g/mol. The minimum absolute atomic E-state index is 1.08. The molecular weight excluding hydrogens is 669 g/mol. The number of fused-ring (bicyclic) bond motifs is 3. The number of pyridine rings is 3. The quantitative estimate of drug-likeness (QED) is 0.166. The minimum atomic E-state index is 1.08. The fourth-order valence-electron chi connectivity index (χ4n) is 7.90. The highest BCUT2D eigenvalue weighted by atomic mass is 15.0. The predicted octanol–water partition coefficient (Wildman–Crippen LogP) is 13.0. The monoisotopic (exact) mass is 702 g/mol. The Hall–Kier alpha value is -7.43. The Morgan fingerprint density at radius 2 is 0.636 bits per heavy atom. The van der Waals surface area contributed by atoms with Crippen LogP contribution in [0.5, 0.6) is 0 Å². The van der Waals surface area contributed by atoms with Crippen LogP contribution in [-0.4, -0.2) is 19.5 Å². The largest absolute Gasteiger partial charge is 0.309 e. The molecule has 0 unspecified atom stereocenters. The summed E-state index contributed by atoms with van der Waals surface area (Å²) in [5.41, 5.74) is 16.9. The molecule has 258 valence electrons. The highest BCUT2D eigenvalue weighted by Gasteiger charge is 2.18. The normalized spacial score (nSPS) is 11.3. The molecule has 4 nitrogen and oxygen atoms in total. The van der Waals surface area contributed by atoms with Crippen LogP contribution in [0.15, 0.2) is 207 Å². The average Bonchev–Trinajstić information content (AvgIpc) is 3.60. The summed E-state index contributed by atoms with van der Waals surface area (Å²) in [7, 11) is 0. The van der Waals surface area contributed by atoms with Crippen molar-refractivity contribution < 1.29 is 0 Å². The third kappa shape index (κ3) is 5.87. The molecule has 10 aromatic rings. The van der Waals surface area contributed by atoms with Gasteiger partial charge in [0.25, 0.3) is 0 Å². The van der Waals surface area contributed by atoms with E-state index in [2.05, 4.69) is 189 Å². The standard InChI is InChI=1S/C51H34N4/c1-4-10-35(11-5-1)42-24-27-52-32-47(42)38-16-20-41(21-17-38)55-50-30-39(48-33-53-28-25-43(48)36-12-6-2-7-13-36)18-22-45(50)46-23-19-40(31-51(46)55)49-34-54-29-26-44(49)37-14-8-3-9-15-37/h1-34H. The second kappa shape index (κ2) is 13.8. The molecule has 0 N–H and O–H groups in total. The van der Waals surface area contributed by atoms with E-state index in [1.165, 1.54) is 16.3 Å². The molecule has 0 saturated carbocycles. The highest BCUT2D eigenvalue weighted by molar-refractivity contribution is 6.11. The predicted molar refractivity (Wildman–Crippen MR) is 227 cm³/mol. The lowest BCUT2D eigenvalue weighted by Crippen LogP contribution is -1.95. The summed E-state index contributed by atoms with van der Waals surface area (Å²) < 4.78 is 2.40. The summed E-state index contributed by atoms with van der Waals surface area (Å²) in [5.74, 6) is 0. The van der Waals surface area contributed by atoms with E-state index in [0.29, 0.717) is 0 Å². The summed E-state index contributed by atoms with van der Waals surface area (Å²) in [6.45, 7) is 0. The van der Waals surface area contributed by atoms with Gasteiger partial charge in [0.05, 0.1) is 11.0 Å². The SMILES string of the molecule is c1ccc(-c2ccncc2-c2ccc(-n3c4cc(-c5cnccc5-c5ccccc5)ccc4c4ccc(-c5cnccc5-c5ccccc5)cc43)cc2)cc1. The van der Waals surface area contributed by atoms with Crippen LogP contribution in [0.1, 0.15) is 0 Å². The minimum Gasteiger partial charge on any atom is -0.309 e. The zero-order chi connectivity index (χ0) is 36.6. The molecule has 0 atom stereocenters. The van der Waals surface area contributed by atoms with Crippen molar-refractivity contribution in [1.29, 1.82) is 0 Å². The molecule has 4 heteroatoms. The summed E-state index contributed by atoms with van der Waals surface area (Å²) in [6.07, 6.45) is 11.5. The van der Waals surface area contributed by atoms with E-state index in [1.807, 2.05) is 37.2 Å². The van der Waals surface area contributed by atoms with Crippen LogP contribution in [0.4, 0.5) is 0 Å². The van der Waals surface area contributed by atoms with Gasteiger partial charge in [0.2, 0.25) is 0 Å².